The summed E-state index contributed by atoms with van der Waals surface area (Å²) >= 11 is 0. The van der Waals surface area contributed by atoms with Gasteiger partial charge in [0, 0.05) is 54.1 Å². The van der Waals surface area contributed by atoms with E-state index >= 15 is 0 Å². The van der Waals surface area contributed by atoms with Gasteiger partial charge in [0.2, 0.25) is 0 Å². The van der Waals surface area contributed by atoms with Crippen LogP contribution in [0.4, 0.5) is 21.7 Å². The minimum absolute atomic E-state index is 0.114. The molecule has 0 bridgehead atoms. The van der Waals surface area contributed by atoms with Crippen LogP contribution in [0.25, 0.3) is 10.8 Å². The maximum absolute atomic E-state index is 14.8. The van der Waals surface area contributed by atoms with E-state index in [9.17, 15) is 17.9 Å². The molecule has 1 saturated heterocycles. The summed E-state index contributed by atoms with van der Waals surface area (Å²) in [6.07, 6.45) is 5.09. The maximum atomic E-state index is 14.8. The molecular formula is C29H38FN5O3S. The predicted molar refractivity (Wildman–Crippen MR) is 153 cm³/mol. The Kier molecular flexibility index (Phi) is 7.30. The molecule has 1 aliphatic heterocycles. The highest BCUT2D eigenvalue weighted by Crippen LogP contribution is 2.41. The Labute approximate surface area is 230 Å². The first-order valence-electron chi connectivity index (χ1n) is 13.7. The van der Waals surface area contributed by atoms with Crippen LogP contribution in [0.5, 0.6) is 0 Å². The lowest BCUT2D eigenvalue weighted by Crippen LogP contribution is -2.57. The van der Waals surface area contributed by atoms with Gasteiger partial charge < -0.3 is 15.3 Å². The van der Waals surface area contributed by atoms with Crippen molar-refractivity contribution in [3.8, 4) is 0 Å². The minimum atomic E-state index is -3.02. The first-order chi connectivity index (χ1) is 18.3. The summed E-state index contributed by atoms with van der Waals surface area (Å²) in [6.45, 7) is 8.54. The molecule has 2 N–H and O–H groups in total. The number of benzene rings is 1. The zero-order chi connectivity index (χ0) is 28.1. The van der Waals surface area contributed by atoms with Crippen molar-refractivity contribution in [3.05, 3.63) is 48.0 Å². The van der Waals surface area contributed by atoms with Crippen molar-refractivity contribution in [1.29, 1.82) is 0 Å². The van der Waals surface area contributed by atoms with Gasteiger partial charge in [0.05, 0.1) is 11.9 Å². The number of halogens is 1. The number of nitrogens with one attached hydrogen (secondary N) is 1. The summed E-state index contributed by atoms with van der Waals surface area (Å²) in [6, 6.07) is 8.19. The van der Waals surface area contributed by atoms with Crippen LogP contribution >= 0.6 is 0 Å². The molecule has 0 radical (unpaired) electrons. The first-order valence-corrected chi connectivity index (χ1v) is 15.7. The van der Waals surface area contributed by atoms with Crippen molar-refractivity contribution in [3.63, 3.8) is 0 Å². The summed E-state index contributed by atoms with van der Waals surface area (Å²) in [4.78, 5) is 16.0. The molecule has 3 aromatic rings. The van der Waals surface area contributed by atoms with E-state index in [4.69, 9.17) is 4.98 Å². The van der Waals surface area contributed by atoms with E-state index < -0.39 is 21.6 Å². The van der Waals surface area contributed by atoms with E-state index in [0.29, 0.717) is 42.8 Å². The van der Waals surface area contributed by atoms with Crippen LogP contribution in [-0.4, -0.2) is 64.8 Å². The van der Waals surface area contributed by atoms with Gasteiger partial charge >= 0.3 is 0 Å². The number of aromatic nitrogens is 3. The van der Waals surface area contributed by atoms with Gasteiger partial charge in [0.1, 0.15) is 33.0 Å². The molecular weight excluding hydrogens is 517 g/mol. The number of pyridine rings is 1. The lowest BCUT2D eigenvalue weighted by atomic mass is 9.78. The van der Waals surface area contributed by atoms with Gasteiger partial charge in [0.15, 0.2) is 0 Å². The van der Waals surface area contributed by atoms with E-state index in [1.165, 1.54) is 18.7 Å². The first kappa shape index (κ1) is 27.7. The van der Waals surface area contributed by atoms with Crippen molar-refractivity contribution in [1.82, 2.24) is 15.0 Å². The van der Waals surface area contributed by atoms with Gasteiger partial charge in [0.25, 0.3) is 0 Å². The standard InChI is InChI=1S/C29H38FN5O3S/c1-17(2)21-7-8-24(35-15-20(18(35)3)16-39(5,37)38)23-14-32-27(12-22(21)23)33-26-10-11-31-28(34-26)19-6-9-25(36)29(4,30)13-19/h7-8,10-12,14,17-20,25,36H,6,9,13,15-16H2,1-5H3,(H,31,32,33,34)/t18-,19+,20-,25-,29+/m1/s1. The van der Waals surface area contributed by atoms with Gasteiger partial charge in [-0.25, -0.2) is 27.8 Å². The smallest absolute Gasteiger partial charge is 0.147 e. The topological polar surface area (TPSA) is 108 Å². The average Bonchev–Trinajstić information content (AvgIpc) is 2.86. The van der Waals surface area contributed by atoms with Crippen LogP contribution in [0.1, 0.15) is 70.2 Å². The number of sulfone groups is 1. The number of alkyl halides is 1. The Bertz CT molecular complexity index is 1480. The summed E-state index contributed by atoms with van der Waals surface area (Å²) in [7, 11) is -3.02. The molecule has 5 rings (SSSR count). The molecule has 1 saturated carbocycles. The Morgan fingerprint density at radius 1 is 1.18 bits per heavy atom. The van der Waals surface area contributed by atoms with Crippen LogP contribution in [0, 0.1) is 5.92 Å². The quantitative estimate of drug-likeness (QED) is 0.414. The second-order valence-electron chi connectivity index (χ2n) is 11.9. The van der Waals surface area contributed by atoms with Crippen molar-refractivity contribution >= 4 is 37.9 Å². The molecule has 0 amide bonds. The number of anilines is 3. The second kappa shape index (κ2) is 10.3. The molecule has 10 heteroatoms. The molecule has 1 aromatic carbocycles. The van der Waals surface area contributed by atoms with Crippen LogP contribution in [0.15, 0.2) is 36.7 Å². The lowest BCUT2D eigenvalue weighted by Gasteiger charge is -2.48. The molecule has 5 atom stereocenters. The number of hydrogen-bond acceptors (Lipinski definition) is 8. The fourth-order valence-corrected chi connectivity index (χ4v) is 7.19. The van der Waals surface area contributed by atoms with Crippen LogP contribution < -0.4 is 10.2 Å². The number of aliphatic hydroxyl groups excluding tert-OH is 1. The largest absolute Gasteiger partial charge is 0.390 e. The highest BCUT2D eigenvalue weighted by atomic mass is 32.2. The monoisotopic (exact) mass is 555 g/mol. The maximum Gasteiger partial charge on any atom is 0.147 e. The van der Waals surface area contributed by atoms with Crippen LogP contribution in [0.3, 0.4) is 0 Å². The fourth-order valence-electron chi connectivity index (χ4n) is 6.03. The SMILES string of the molecule is CC(C)c1ccc(N2C[C@H](CS(C)(=O)=O)[C@H]2C)c2cnc(Nc3ccnc([C@H]4CC[C@@H](O)[C@@](C)(F)C4)n3)cc12. The minimum Gasteiger partial charge on any atom is -0.390 e. The third-order valence-corrected chi connectivity index (χ3v) is 9.42. The van der Waals surface area contributed by atoms with E-state index in [1.807, 2.05) is 12.3 Å². The molecule has 2 aliphatic rings. The number of nitrogens with zero attached hydrogens (tertiary/aromatic N) is 4. The van der Waals surface area contributed by atoms with Crippen LogP contribution in [0.2, 0.25) is 0 Å². The van der Waals surface area contributed by atoms with E-state index in [1.54, 1.807) is 12.3 Å². The molecule has 1 aliphatic carbocycles. The molecule has 0 spiro atoms. The van der Waals surface area contributed by atoms with Crippen molar-refractivity contribution in [2.24, 2.45) is 5.92 Å². The van der Waals surface area contributed by atoms with Gasteiger partial charge in [-0.1, -0.05) is 19.9 Å². The van der Waals surface area contributed by atoms with Gasteiger partial charge in [-0.2, -0.15) is 0 Å². The predicted octanol–water partition coefficient (Wildman–Crippen LogP) is 5.12. The third-order valence-electron chi connectivity index (χ3n) is 8.39. The summed E-state index contributed by atoms with van der Waals surface area (Å²) < 4.78 is 38.4. The Hall–Kier alpha value is -2.85. The Morgan fingerprint density at radius 3 is 2.62 bits per heavy atom. The molecule has 2 fully saturated rings. The molecule has 0 unspecified atom stereocenters. The number of aliphatic hydroxyl groups is 1. The Balaban J connectivity index is 1.41. The molecule has 8 nitrogen and oxygen atoms in total. The fraction of sp³-hybridized carbons (Fsp3) is 0.552. The summed E-state index contributed by atoms with van der Waals surface area (Å²) in [5.41, 5.74) is 0.606. The molecule has 2 aromatic heterocycles. The second-order valence-corrected chi connectivity index (χ2v) is 14.1. The van der Waals surface area contributed by atoms with Crippen molar-refractivity contribution < 1.29 is 17.9 Å². The molecule has 39 heavy (non-hydrogen) atoms. The Morgan fingerprint density at radius 2 is 1.95 bits per heavy atom. The zero-order valence-corrected chi connectivity index (χ0v) is 24.0. The van der Waals surface area contributed by atoms with E-state index in [0.717, 1.165) is 16.5 Å². The summed E-state index contributed by atoms with van der Waals surface area (Å²) in [5.74, 6) is 2.25. The number of hydrogen-bond donors (Lipinski definition) is 2. The number of fused-ring (bicyclic) bond motifs is 1. The van der Waals surface area contributed by atoms with E-state index in [-0.39, 0.29) is 30.1 Å². The zero-order valence-electron chi connectivity index (χ0n) is 23.2. The highest BCUT2D eigenvalue weighted by Gasteiger charge is 2.41. The summed E-state index contributed by atoms with van der Waals surface area (Å²) in [5, 5.41) is 15.4. The van der Waals surface area contributed by atoms with Crippen molar-refractivity contribution in [2.75, 3.05) is 28.8 Å². The van der Waals surface area contributed by atoms with Gasteiger partial charge in [-0.15, -0.1) is 0 Å². The van der Waals surface area contributed by atoms with E-state index in [2.05, 4.69) is 53.1 Å². The molecule has 210 valence electrons. The van der Waals surface area contributed by atoms with Crippen LogP contribution in [-0.2, 0) is 9.84 Å². The third kappa shape index (κ3) is 5.72. The lowest BCUT2D eigenvalue weighted by molar-refractivity contribution is -0.0343. The molecule has 3 heterocycles. The van der Waals surface area contributed by atoms with Gasteiger partial charge in [-0.3, -0.25) is 0 Å². The highest BCUT2D eigenvalue weighted by molar-refractivity contribution is 7.90. The normalized spacial score (nSPS) is 27.5. The average molecular weight is 556 g/mol. The van der Waals surface area contributed by atoms with Crippen molar-refractivity contribution in [2.45, 2.75) is 76.6 Å². The number of rotatable bonds is 7. The van der Waals surface area contributed by atoms with Gasteiger partial charge in [-0.05, 0) is 68.2 Å².